The Labute approximate surface area is 198 Å². The fourth-order valence-electron chi connectivity index (χ4n) is 2.94. The molecule has 0 aliphatic rings. The standard InChI is InChI=1S/C21H27NO.C4H8O2.BrH.H3N/c1-2-3-4-5-6-8-13-18-14-11-12-17-20(18)21(23)22-19-15-9-7-10-16-19;1-2-3-6-4-5;;/h7,9-12,14-17H,2-6,8,13H2,1H3,(H,22,23);4H,2-3H2,1H3;1H;1H3. The molecule has 0 saturated heterocycles. The normalized spacial score (nSPS) is 9.23. The van der Waals surface area contributed by atoms with Crippen molar-refractivity contribution in [2.75, 3.05) is 11.9 Å². The second kappa shape index (κ2) is 21.1. The monoisotopic (exact) mass is 494 g/mol. The molecule has 0 radical (unpaired) electrons. The molecule has 6 heteroatoms. The predicted octanol–water partition coefficient (Wildman–Crippen LogP) is 7.15. The summed E-state index contributed by atoms with van der Waals surface area (Å²) >= 11 is 0. The number of hydrogen-bond donors (Lipinski definition) is 2. The van der Waals surface area contributed by atoms with Gasteiger partial charge in [-0.3, -0.25) is 9.59 Å². The molecule has 4 N–H and O–H groups in total. The number of nitrogens with one attached hydrogen (secondary N) is 1. The van der Waals surface area contributed by atoms with Crippen molar-refractivity contribution >= 4 is 35.0 Å². The summed E-state index contributed by atoms with van der Waals surface area (Å²) in [6, 6.07) is 17.6. The summed E-state index contributed by atoms with van der Waals surface area (Å²) in [6.45, 7) is 5.19. The van der Waals surface area contributed by atoms with Gasteiger partial charge in [-0.1, -0.05) is 82.3 Å². The number of amides is 1. The van der Waals surface area contributed by atoms with Gasteiger partial charge in [0.1, 0.15) is 0 Å². The maximum atomic E-state index is 12.5. The number of ether oxygens (including phenoxy) is 1. The lowest BCUT2D eigenvalue weighted by Gasteiger charge is -2.10. The van der Waals surface area contributed by atoms with E-state index < -0.39 is 0 Å². The highest BCUT2D eigenvalue weighted by Gasteiger charge is 2.10. The third-order valence-corrected chi connectivity index (χ3v) is 4.48. The average Bonchev–Trinajstić information content (AvgIpc) is 2.76. The number of benzene rings is 2. The summed E-state index contributed by atoms with van der Waals surface area (Å²) in [7, 11) is 0. The molecule has 1 amide bonds. The van der Waals surface area contributed by atoms with Gasteiger partial charge < -0.3 is 16.2 Å². The number of para-hydroxylation sites is 1. The summed E-state index contributed by atoms with van der Waals surface area (Å²) in [5.41, 5.74) is 2.79. The fraction of sp³-hybridized carbons (Fsp3) is 0.440. The molecule has 5 nitrogen and oxygen atoms in total. The van der Waals surface area contributed by atoms with E-state index in [4.69, 9.17) is 0 Å². The molecule has 174 valence electrons. The number of aryl methyl sites for hydroxylation is 1. The van der Waals surface area contributed by atoms with Crippen LogP contribution in [0.25, 0.3) is 0 Å². The van der Waals surface area contributed by atoms with Crippen LogP contribution >= 0.6 is 17.0 Å². The van der Waals surface area contributed by atoms with Gasteiger partial charge >= 0.3 is 0 Å². The van der Waals surface area contributed by atoms with Crippen LogP contribution in [0.4, 0.5) is 5.69 Å². The zero-order valence-corrected chi connectivity index (χ0v) is 20.7. The van der Waals surface area contributed by atoms with Crippen molar-refractivity contribution in [2.45, 2.75) is 65.2 Å². The maximum absolute atomic E-state index is 12.5. The molecule has 0 saturated carbocycles. The smallest absolute Gasteiger partial charge is 0.293 e. The van der Waals surface area contributed by atoms with Crippen molar-refractivity contribution in [3.05, 3.63) is 65.7 Å². The van der Waals surface area contributed by atoms with E-state index in [1.807, 2.05) is 55.5 Å². The number of carbonyl (C=O) groups excluding carboxylic acids is 2. The van der Waals surface area contributed by atoms with Crippen LogP contribution in [0.5, 0.6) is 0 Å². The Hall–Kier alpha value is -2.18. The molecular weight excluding hydrogens is 456 g/mol. The van der Waals surface area contributed by atoms with Crippen molar-refractivity contribution in [1.82, 2.24) is 6.15 Å². The zero-order valence-electron chi connectivity index (χ0n) is 19.0. The van der Waals surface area contributed by atoms with Gasteiger partial charge in [0.05, 0.1) is 6.61 Å². The van der Waals surface area contributed by atoms with Gasteiger partial charge in [0.15, 0.2) is 0 Å². The van der Waals surface area contributed by atoms with Gasteiger partial charge in [-0.05, 0) is 43.0 Å². The van der Waals surface area contributed by atoms with E-state index in [9.17, 15) is 9.59 Å². The van der Waals surface area contributed by atoms with Crippen LogP contribution in [0, 0.1) is 0 Å². The predicted molar refractivity (Wildman–Crippen MR) is 136 cm³/mol. The second-order valence-corrected chi connectivity index (χ2v) is 6.96. The lowest BCUT2D eigenvalue weighted by molar-refractivity contribution is -0.128. The van der Waals surface area contributed by atoms with Crippen LogP contribution in [-0.4, -0.2) is 19.0 Å². The first-order valence-corrected chi connectivity index (χ1v) is 10.7. The molecule has 0 aromatic heterocycles. The Morgan fingerprint density at radius 1 is 0.871 bits per heavy atom. The summed E-state index contributed by atoms with van der Waals surface area (Å²) in [5, 5.41) is 2.98. The van der Waals surface area contributed by atoms with Crippen molar-refractivity contribution in [3.8, 4) is 0 Å². The molecule has 31 heavy (non-hydrogen) atoms. The molecule has 0 spiro atoms. The van der Waals surface area contributed by atoms with E-state index in [1.54, 1.807) is 0 Å². The summed E-state index contributed by atoms with van der Waals surface area (Å²) < 4.78 is 4.30. The third-order valence-electron chi connectivity index (χ3n) is 4.48. The zero-order chi connectivity index (χ0) is 21.2. The van der Waals surface area contributed by atoms with Crippen LogP contribution in [0.3, 0.4) is 0 Å². The van der Waals surface area contributed by atoms with Gasteiger partial charge in [-0.25, -0.2) is 0 Å². The Kier molecular flexibility index (Phi) is 21.1. The highest BCUT2D eigenvalue weighted by molar-refractivity contribution is 8.93. The number of hydrogen-bond acceptors (Lipinski definition) is 4. The second-order valence-electron chi connectivity index (χ2n) is 6.96. The lowest BCUT2D eigenvalue weighted by atomic mass is 10.00. The average molecular weight is 496 g/mol. The molecule has 0 fully saturated rings. The summed E-state index contributed by atoms with van der Waals surface area (Å²) in [5.74, 6) is -0.0159. The molecular formula is C25H39BrN2O3. The molecule has 2 aromatic rings. The number of anilines is 1. The molecule has 0 bridgehead atoms. The van der Waals surface area contributed by atoms with E-state index in [1.165, 1.54) is 32.1 Å². The van der Waals surface area contributed by atoms with Crippen LogP contribution in [0.2, 0.25) is 0 Å². The molecule has 0 atom stereocenters. The van der Waals surface area contributed by atoms with Crippen LogP contribution in [0.1, 0.15) is 74.7 Å². The van der Waals surface area contributed by atoms with E-state index in [-0.39, 0.29) is 29.0 Å². The minimum absolute atomic E-state index is 0. The van der Waals surface area contributed by atoms with E-state index in [0.717, 1.165) is 36.1 Å². The highest BCUT2D eigenvalue weighted by Crippen LogP contribution is 2.16. The molecule has 0 unspecified atom stereocenters. The van der Waals surface area contributed by atoms with E-state index in [2.05, 4.69) is 23.0 Å². The summed E-state index contributed by atoms with van der Waals surface area (Å²) in [4.78, 5) is 21.8. The molecule has 2 rings (SSSR count). The van der Waals surface area contributed by atoms with Gasteiger partial charge in [-0.15, -0.1) is 17.0 Å². The van der Waals surface area contributed by atoms with Crippen molar-refractivity contribution in [3.63, 3.8) is 0 Å². The van der Waals surface area contributed by atoms with E-state index in [0.29, 0.717) is 13.1 Å². The highest BCUT2D eigenvalue weighted by atomic mass is 79.9. The Morgan fingerprint density at radius 2 is 1.48 bits per heavy atom. The van der Waals surface area contributed by atoms with Crippen molar-refractivity contribution < 1.29 is 14.3 Å². The van der Waals surface area contributed by atoms with Crippen LogP contribution in [0.15, 0.2) is 54.6 Å². The Morgan fingerprint density at radius 3 is 2.10 bits per heavy atom. The van der Waals surface area contributed by atoms with Crippen molar-refractivity contribution in [2.24, 2.45) is 0 Å². The largest absolute Gasteiger partial charge is 0.468 e. The first kappa shape index (κ1) is 31.0. The van der Waals surface area contributed by atoms with E-state index >= 15 is 0 Å². The SMILES string of the molecule is Br.CCCCCCCCc1ccccc1C(=O)Nc1ccccc1.CCCOC=O.N. The molecule has 0 aliphatic carbocycles. The molecule has 2 aromatic carbocycles. The number of rotatable bonds is 12. The first-order chi connectivity index (χ1) is 14.2. The Bertz CT molecular complexity index is 696. The Balaban J connectivity index is 0. The fourth-order valence-corrected chi connectivity index (χ4v) is 2.94. The van der Waals surface area contributed by atoms with Gasteiger partial charge in [-0.2, -0.15) is 0 Å². The lowest BCUT2D eigenvalue weighted by Crippen LogP contribution is -2.14. The topological polar surface area (TPSA) is 90.4 Å². The van der Waals surface area contributed by atoms with Crippen molar-refractivity contribution in [1.29, 1.82) is 0 Å². The minimum atomic E-state index is -0.0159. The van der Waals surface area contributed by atoms with Gasteiger partial charge in [0, 0.05) is 11.3 Å². The number of unbranched alkanes of at least 4 members (excludes halogenated alkanes) is 5. The maximum Gasteiger partial charge on any atom is 0.293 e. The number of halogens is 1. The first-order valence-electron chi connectivity index (χ1n) is 10.7. The van der Waals surface area contributed by atoms with Crippen LogP contribution < -0.4 is 11.5 Å². The van der Waals surface area contributed by atoms with Gasteiger partial charge in [0.2, 0.25) is 0 Å². The molecule has 0 aliphatic heterocycles. The van der Waals surface area contributed by atoms with Gasteiger partial charge in [0.25, 0.3) is 12.4 Å². The molecule has 0 heterocycles. The van der Waals surface area contributed by atoms with Crippen LogP contribution in [-0.2, 0) is 16.0 Å². The minimum Gasteiger partial charge on any atom is -0.468 e. The third kappa shape index (κ3) is 14.5. The quantitative estimate of drug-likeness (QED) is 0.242. The summed E-state index contributed by atoms with van der Waals surface area (Å²) in [6.07, 6.45) is 9.51. The number of carbonyl (C=O) groups is 2.